The van der Waals surface area contributed by atoms with Crippen LogP contribution in [-0.4, -0.2) is 37.5 Å². The Kier molecular flexibility index (Phi) is 5.78. The Hall–Kier alpha value is -1.83. The number of aliphatic carboxylic acids is 1. The summed E-state index contributed by atoms with van der Waals surface area (Å²) < 4.78 is 10.8. The molecule has 4 N–H and O–H groups in total. The van der Waals surface area contributed by atoms with Gasteiger partial charge in [-0.15, -0.1) is 0 Å². The van der Waals surface area contributed by atoms with Crippen LogP contribution in [0.3, 0.4) is 0 Å². The molecule has 0 bridgehead atoms. The normalized spacial score (nSPS) is 23.2. The summed E-state index contributed by atoms with van der Waals surface area (Å²) in [5.41, 5.74) is 7.64. The van der Waals surface area contributed by atoms with Gasteiger partial charge in [0.25, 0.3) is 0 Å². The second-order valence-electron chi connectivity index (χ2n) is 7.20. The van der Waals surface area contributed by atoms with Crippen molar-refractivity contribution >= 4 is 5.97 Å². The molecule has 0 spiro atoms. The van der Waals surface area contributed by atoms with Crippen molar-refractivity contribution in [2.24, 2.45) is 17.8 Å². The zero-order valence-electron chi connectivity index (χ0n) is 14.7. The van der Waals surface area contributed by atoms with Crippen molar-refractivity contribution in [3.63, 3.8) is 0 Å². The molecule has 138 valence electrons. The van der Waals surface area contributed by atoms with E-state index in [1.165, 1.54) is 0 Å². The van der Waals surface area contributed by atoms with Gasteiger partial charge < -0.3 is 19.9 Å². The minimum Gasteiger partial charge on any atom is -0.481 e. The third-order valence-electron chi connectivity index (χ3n) is 4.75. The smallest absolute Gasteiger partial charge is 0.307 e. The van der Waals surface area contributed by atoms with Crippen LogP contribution in [0.1, 0.15) is 31.9 Å². The summed E-state index contributed by atoms with van der Waals surface area (Å²) in [7, 11) is 0. The highest BCUT2D eigenvalue weighted by Gasteiger charge is 2.30. The molecule has 2 heterocycles. The van der Waals surface area contributed by atoms with Gasteiger partial charge in [-0.05, 0) is 30.0 Å². The second-order valence-corrected chi connectivity index (χ2v) is 7.20. The Morgan fingerprint density at radius 2 is 2.16 bits per heavy atom. The van der Waals surface area contributed by atoms with Crippen molar-refractivity contribution < 1.29 is 19.4 Å². The first-order chi connectivity index (χ1) is 12.0. The van der Waals surface area contributed by atoms with E-state index in [1.807, 2.05) is 18.2 Å². The molecule has 3 atom stereocenters. The van der Waals surface area contributed by atoms with E-state index in [1.54, 1.807) is 0 Å². The molecule has 2 aliphatic rings. The maximum atomic E-state index is 11.4. The van der Waals surface area contributed by atoms with Gasteiger partial charge in [0.1, 0.15) is 0 Å². The summed E-state index contributed by atoms with van der Waals surface area (Å²) in [5.74, 6) is 1.19. The molecule has 1 saturated heterocycles. The van der Waals surface area contributed by atoms with E-state index in [4.69, 9.17) is 9.47 Å². The summed E-state index contributed by atoms with van der Waals surface area (Å²) >= 11 is 0. The van der Waals surface area contributed by atoms with E-state index in [9.17, 15) is 9.90 Å². The fourth-order valence-electron chi connectivity index (χ4n) is 3.47. The summed E-state index contributed by atoms with van der Waals surface area (Å²) in [5, 5.41) is 12.7. The van der Waals surface area contributed by atoms with Gasteiger partial charge in [0.2, 0.25) is 6.79 Å². The topological polar surface area (TPSA) is 91.9 Å². The Morgan fingerprint density at radius 1 is 1.36 bits per heavy atom. The Bertz CT molecular complexity index is 608. The minimum atomic E-state index is -0.726. The predicted octanol–water partition coefficient (Wildman–Crippen LogP) is 1.52. The van der Waals surface area contributed by atoms with Gasteiger partial charge in [-0.1, -0.05) is 19.9 Å². The van der Waals surface area contributed by atoms with E-state index in [0.29, 0.717) is 24.8 Å². The number of carboxylic acids is 1. The maximum absolute atomic E-state index is 11.4. The number of carboxylic acid groups (broad SMARTS) is 1. The Balaban J connectivity index is 1.56. The molecule has 0 saturated carbocycles. The van der Waals surface area contributed by atoms with Crippen LogP contribution in [-0.2, 0) is 4.79 Å². The number of hydrogen-bond donors (Lipinski definition) is 4. The molecule has 3 unspecified atom stereocenters. The Labute approximate surface area is 148 Å². The average molecular weight is 349 g/mol. The molecule has 0 radical (unpaired) electrons. The van der Waals surface area contributed by atoms with Crippen LogP contribution in [0.15, 0.2) is 18.2 Å². The molecule has 1 aromatic rings. The van der Waals surface area contributed by atoms with E-state index in [0.717, 1.165) is 30.2 Å². The molecule has 25 heavy (non-hydrogen) atoms. The van der Waals surface area contributed by atoms with Crippen LogP contribution >= 0.6 is 0 Å². The number of nitrogens with one attached hydrogen (secondary N) is 3. The van der Waals surface area contributed by atoms with Gasteiger partial charge in [-0.2, -0.15) is 0 Å². The lowest BCUT2D eigenvalue weighted by molar-refractivity contribution is -0.142. The van der Waals surface area contributed by atoms with Gasteiger partial charge in [0, 0.05) is 25.6 Å². The lowest BCUT2D eigenvalue weighted by atomic mass is 9.93. The van der Waals surface area contributed by atoms with Crippen LogP contribution in [0, 0.1) is 17.8 Å². The van der Waals surface area contributed by atoms with Gasteiger partial charge in [-0.25, -0.2) is 5.43 Å². The lowest BCUT2D eigenvalue weighted by Crippen LogP contribution is -2.34. The number of fused-ring (bicyclic) bond motifs is 1. The largest absolute Gasteiger partial charge is 0.481 e. The van der Waals surface area contributed by atoms with E-state index in [2.05, 4.69) is 30.0 Å². The number of hydrogen-bond acceptors (Lipinski definition) is 6. The molecule has 2 aliphatic heterocycles. The molecular weight excluding hydrogens is 322 g/mol. The molecule has 3 rings (SSSR count). The number of benzene rings is 1. The van der Waals surface area contributed by atoms with Crippen LogP contribution in [0.4, 0.5) is 0 Å². The molecule has 0 amide bonds. The third kappa shape index (κ3) is 4.42. The fraction of sp³-hybridized carbons (Fsp3) is 0.611. The van der Waals surface area contributed by atoms with Gasteiger partial charge >= 0.3 is 5.97 Å². The predicted molar refractivity (Wildman–Crippen MR) is 93.4 cm³/mol. The van der Waals surface area contributed by atoms with Crippen LogP contribution in [0.25, 0.3) is 0 Å². The van der Waals surface area contributed by atoms with Crippen molar-refractivity contribution in [2.75, 3.05) is 26.4 Å². The molecule has 7 heteroatoms. The molecule has 7 nitrogen and oxygen atoms in total. The number of carbonyl (C=O) groups is 1. The summed E-state index contributed by atoms with van der Waals surface area (Å²) in [6.07, 6.45) is 0.690. The minimum absolute atomic E-state index is 0.148. The SMILES string of the molecule is CC(C)CC(CNCC1CNNC1c1ccc2c(c1)OCO2)C(=O)O. The quantitative estimate of drug-likeness (QED) is 0.565. The highest BCUT2D eigenvalue weighted by atomic mass is 16.7. The second kappa shape index (κ2) is 8.03. The average Bonchev–Trinajstić information content (AvgIpc) is 3.21. The van der Waals surface area contributed by atoms with Crippen LogP contribution < -0.4 is 25.6 Å². The van der Waals surface area contributed by atoms with Crippen molar-refractivity contribution in [3.05, 3.63) is 23.8 Å². The number of rotatable bonds is 8. The van der Waals surface area contributed by atoms with Crippen LogP contribution in [0.5, 0.6) is 11.5 Å². The number of ether oxygens (including phenoxy) is 2. The third-order valence-corrected chi connectivity index (χ3v) is 4.75. The summed E-state index contributed by atoms with van der Waals surface area (Å²) in [6, 6.07) is 6.14. The zero-order chi connectivity index (χ0) is 17.8. The highest BCUT2D eigenvalue weighted by molar-refractivity contribution is 5.70. The first-order valence-corrected chi connectivity index (χ1v) is 8.86. The van der Waals surface area contributed by atoms with Crippen LogP contribution in [0.2, 0.25) is 0 Å². The van der Waals surface area contributed by atoms with E-state index < -0.39 is 5.97 Å². The monoisotopic (exact) mass is 349 g/mol. The lowest BCUT2D eigenvalue weighted by Gasteiger charge is -2.21. The molecular formula is C18H27N3O4. The first-order valence-electron chi connectivity index (χ1n) is 8.86. The van der Waals surface area contributed by atoms with Gasteiger partial charge in [0.05, 0.1) is 12.0 Å². The Morgan fingerprint density at radius 3 is 2.92 bits per heavy atom. The van der Waals surface area contributed by atoms with Gasteiger partial charge in [0.15, 0.2) is 11.5 Å². The van der Waals surface area contributed by atoms with Crippen molar-refractivity contribution in [1.29, 1.82) is 0 Å². The molecule has 0 aromatic heterocycles. The molecule has 1 fully saturated rings. The van der Waals surface area contributed by atoms with Gasteiger partial charge in [-0.3, -0.25) is 10.2 Å². The molecule has 1 aromatic carbocycles. The van der Waals surface area contributed by atoms with Crippen molar-refractivity contribution in [2.45, 2.75) is 26.3 Å². The van der Waals surface area contributed by atoms with Crippen molar-refractivity contribution in [3.8, 4) is 11.5 Å². The molecule has 0 aliphatic carbocycles. The number of hydrazine groups is 1. The maximum Gasteiger partial charge on any atom is 0.307 e. The highest BCUT2D eigenvalue weighted by Crippen LogP contribution is 2.36. The summed E-state index contributed by atoms with van der Waals surface area (Å²) in [6.45, 7) is 6.45. The fourth-order valence-corrected chi connectivity index (χ4v) is 3.47. The zero-order valence-corrected chi connectivity index (χ0v) is 14.7. The first kappa shape index (κ1) is 18.0. The van der Waals surface area contributed by atoms with Crippen molar-refractivity contribution in [1.82, 2.24) is 16.2 Å². The summed E-state index contributed by atoms with van der Waals surface area (Å²) in [4.78, 5) is 11.4. The van der Waals surface area contributed by atoms with E-state index in [-0.39, 0.29) is 18.8 Å². The standard InChI is InChI=1S/C18H27N3O4/c1-11(2)5-13(18(22)23)7-19-8-14-9-20-21-17(14)12-3-4-15-16(6-12)25-10-24-15/h3-4,6,11,13-14,17,19-21H,5,7-10H2,1-2H3,(H,22,23). The van der Waals surface area contributed by atoms with E-state index >= 15 is 0 Å².